The van der Waals surface area contributed by atoms with Crippen LogP contribution in [0.15, 0.2) is 36.9 Å². The van der Waals surface area contributed by atoms with E-state index in [0.29, 0.717) is 15.1 Å². The van der Waals surface area contributed by atoms with Crippen LogP contribution in [0.25, 0.3) is 11.2 Å². The third-order valence-corrected chi connectivity index (χ3v) is 2.82. The summed E-state index contributed by atoms with van der Waals surface area (Å²) in [5.74, 6) is 0. The van der Waals surface area contributed by atoms with Crippen LogP contribution in [0.3, 0.4) is 0 Å². The van der Waals surface area contributed by atoms with Gasteiger partial charge in [-0.15, -0.1) is 12.4 Å². The highest BCUT2D eigenvalue weighted by atomic mass is 35.5. The minimum Gasteiger partial charge on any atom is -0.312 e. The van der Waals surface area contributed by atoms with Crippen LogP contribution in [0.4, 0.5) is 0 Å². The highest BCUT2D eigenvalue weighted by Gasteiger charge is 2.04. The van der Waals surface area contributed by atoms with Crippen LogP contribution in [0.5, 0.6) is 0 Å². The molecule has 0 saturated carbocycles. The van der Waals surface area contributed by atoms with Crippen molar-refractivity contribution < 1.29 is 0 Å². The number of rotatable bonds is 2. The molecule has 0 radical (unpaired) electrons. The van der Waals surface area contributed by atoms with Crippen LogP contribution >= 0.6 is 47.2 Å². The second-order valence-corrected chi connectivity index (χ2v) is 4.36. The molecule has 17 heavy (non-hydrogen) atoms. The molecule has 1 heterocycles. The van der Waals surface area contributed by atoms with Crippen molar-refractivity contribution in [1.29, 1.82) is 0 Å². The van der Waals surface area contributed by atoms with Gasteiger partial charge in [-0.25, -0.2) is 4.98 Å². The Morgan fingerprint density at radius 3 is 2.65 bits per heavy atom. The average molecular weight is 310 g/mol. The van der Waals surface area contributed by atoms with E-state index in [4.69, 9.17) is 34.8 Å². The van der Waals surface area contributed by atoms with Crippen LogP contribution in [0, 0.1) is 0 Å². The van der Waals surface area contributed by atoms with Gasteiger partial charge in [-0.1, -0.05) is 40.9 Å². The van der Waals surface area contributed by atoms with Crippen molar-refractivity contribution >= 4 is 58.4 Å². The maximum absolute atomic E-state index is 6.14. The van der Waals surface area contributed by atoms with Gasteiger partial charge in [0.05, 0.1) is 16.4 Å². The van der Waals surface area contributed by atoms with Crippen LogP contribution in [0.1, 0.15) is 5.56 Å². The zero-order valence-electron chi connectivity index (χ0n) is 8.48. The summed E-state index contributed by atoms with van der Waals surface area (Å²) in [6.45, 7) is 0. The summed E-state index contributed by atoms with van der Waals surface area (Å²) in [5, 5.41) is 1.63. The molecule has 0 fully saturated rings. The van der Waals surface area contributed by atoms with E-state index in [1.54, 1.807) is 47.7 Å². The minimum atomic E-state index is 0. The monoisotopic (exact) mass is 308 g/mol. The van der Waals surface area contributed by atoms with Gasteiger partial charge in [-0.05, 0) is 12.1 Å². The van der Waals surface area contributed by atoms with Gasteiger partial charge in [0.2, 0.25) is 0 Å². The summed E-state index contributed by atoms with van der Waals surface area (Å²) < 4.78 is 1.74. The van der Waals surface area contributed by atoms with Gasteiger partial charge in [0.1, 0.15) is 0 Å². The van der Waals surface area contributed by atoms with Crippen LogP contribution in [-0.2, 0) is 0 Å². The molecule has 1 aromatic carbocycles. The summed E-state index contributed by atoms with van der Waals surface area (Å²) in [4.78, 5) is 3.91. The fourth-order valence-electron chi connectivity index (χ4n) is 1.23. The Morgan fingerprint density at radius 1 is 1.29 bits per heavy atom. The first-order valence-electron chi connectivity index (χ1n) is 4.47. The number of imidazole rings is 1. The van der Waals surface area contributed by atoms with E-state index in [2.05, 4.69) is 4.98 Å². The quantitative estimate of drug-likeness (QED) is 0.778. The molecule has 0 saturated heterocycles. The molecule has 2 rings (SSSR count). The Hall–Kier alpha value is -0.670. The molecular weight excluding hydrogens is 302 g/mol. The summed E-state index contributed by atoms with van der Waals surface area (Å²) in [7, 11) is 0. The Bertz CT molecular complexity index is 520. The molecule has 1 aromatic heterocycles. The third-order valence-electron chi connectivity index (χ3n) is 1.98. The van der Waals surface area contributed by atoms with E-state index in [-0.39, 0.29) is 12.4 Å². The number of aromatic nitrogens is 2. The first-order chi connectivity index (χ1) is 7.66. The van der Waals surface area contributed by atoms with E-state index < -0.39 is 0 Å². The maximum Gasteiger partial charge on any atom is 0.0987 e. The normalized spacial score (nSPS) is 11.1. The van der Waals surface area contributed by atoms with E-state index in [1.807, 2.05) is 0 Å². The van der Waals surface area contributed by atoms with Gasteiger partial charge < -0.3 is 4.57 Å². The Balaban J connectivity index is 0.00000144. The molecule has 0 aliphatic heterocycles. The van der Waals surface area contributed by atoms with Crippen molar-refractivity contribution in [2.75, 3.05) is 0 Å². The van der Waals surface area contributed by atoms with Crippen molar-refractivity contribution in [3.8, 4) is 0 Å². The minimum absolute atomic E-state index is 0. The zero-order valence-corrected chi connectivity index (χ0v) is 11.6. The second-order valence-electron chi connectivity index (χ2n) is 3.11. The SMILES string of the molecule is Cl.Cl/C(=C\n1ccnc1)c1ccc(Cl)cc1Cl. The molecule has 0 spiro atoms. The topological polar surface area (TPSA) is 17.8 Å². The van der Waals surface area contributed by atoms with E-state index in [0.717, 1.165) is 5.56 Å². The molecule has 0 atom stereocenters. The molecule has 2 nitrogen and oxygen atoms in total. The van der Waals surface area contributed by atoms with Crippen molar-refractivity contribution in [1.82, 2.24) is 9.55 Å². The van der Waals surface area contributed by atoms with E-state index >= 15 is 0 Å². The molecule has 0 amide bonds. The van der Waals surface area contributed by atoms with Crippen molar-refractivity contribution in [3.63, 3.8) is 0 Å². The average Bonchev–Trinajstić information content (AvgIpc) is 2.70. The lowest BCUT2D eigenvalue weighted by atomic mass is 10.2. The highest BCUT2D eigenvalue weighted by Crippen LogP contribution is 2.29. The van der Waals surface area contributed by atoms with Crippen molar-refractivity contribution in [2.24, 2.45) is 0 Å². The summed E-state index contributed by atoms with van der Waals surface area (Å²) in [6.07, 6.45) is 6.83. The van der Waals surface area contributed by atoms with Gasteiger partial charge in [-0.2, -0.15) is 0 Å². The van der Waals surface area contributed by atoms with Crippen molar-refractivity contribution in [2.45, 2.75) is 0 Å². The molecule has 0 N–H and O–H groups in total. The summed E-state index contributed by atoms with van der Waals surface area (Å²) in [6, 6.07) is 5.18. The second kappa shape index (κ2) is 6.31. The lowest BCUT2D eigenvalue weighted by Gasteiger charge is -2.03. The Morgan fingerprint density at radius 2 is 2.06 bits per heavy atom. The van der Waals surface area contributed by atoms with Gasteiger partial charge in [0.15, 0.2) is 0 Å². The first-order valence-corrected chi connectivity index (χ1v) is 5.60. The van der Waals surface area contributed by atoms with Gasteiger partial charge >= 0.3 is 0 Å². The number of nitrogens with zero attached hydrogens (tertiary/aromatic N) is 2. The molecule has 90 valence electrons. The molecule has 0 unspecified atom stereocenters. The number of hydrogen-bond acceptors (Lipinski definition) is 1. The molecule has 2 aromatic rings. The highest BCUT2D eigenvalue weighted by molar-refractivity contribution is 6.52. The standard InChI is InChI=1S/C11H7Cl3N2.ClH/c12-8-1-2-9(10(13)5-8)11(14)6-16-4-3-15-7-16;/h1-7H;1H/b11-6-;. The number of benzene rings is 1. The van der Waals surface area contributed by atoms with Gasteiger partial charge in [0, 0.05) is 29.2 Å². The lowest BCUT2D eigenvalue weighted by Crippen LogP contribution is -1.84. The maximum atomic E-state index is 6.14. The molecule has 0 aliphatic rings. The Labute approximate surface area is 120 Å². The predicted molar refractivity (Wildman–Crippen MR) is 76.0 cm³/mol. The molecule has 0 bridgehead atoms. The number of halogens is 4. The lowest BCUT2D eigenvalue weighted by molar-refractivity contribution is 1.14. The number of hydrogen-bond donors (Lipinski definition) is 0. The van der Waals surface area contributed by atoms with Crippen molar-refractivity contribution in [3.05, 3.63) is 52.5 Å². The smallest absolute Gasteiger partial charge is 0.0987 e. The molecule has 6 heteroatoms. The van der Waals surface area contributed by atoms with E-state index in [9.17, 15) is 0 Å². The van der Waals surface area contributed by atoms with Crippen LogP contribution in [-0.4, -0.2) is 9.55 Å². The van der Waals surface area contributed by atoms with Gasteiger partial charge in [-0.3, -0.25) is 0 Å². The molecule has 0 aliphatic carbocycles. The van der Waals surface area contributed by atoms with E-state index in [1.165, 1.54) is 0 Å². The first kappa shape index (κ1) is 14.4. The fraction of sp³-hybridized carbons (Fsp3) is 0. The Kier molecular flexibility index (Phi) is 5.34. The zero-order chi connectivity index (χ0) is 11.5. The third kappa shape index (κ3) is 3.65. The molecular formula is C11H8Cl4N2. The predicted octanol–water partition coefficient (Wildman–Crippen LogP) is 4.81. The van der Waals surface area contributed by atoms with Gasteiger partial charge in [0.25, 0.3) is 0 Å². The van der Waals surface area contributed by atoms with Crippen LogP contribution in [0.2, 0.25) is 10.0 Å². The largest absolute Gasteiger partial charge is 0.312 e. The summed E-state index contributed by atoms with van der Waals surface area (Å²) >= 11 is 18.0. The van der Waals surface area contributed by atoms with Crippen LogP contribution < -0.4 is 0 Å². The fourth-order valence-corrected chi connectivity index (χ4v) is 2.07. The summed E-state index contributed by atoms with van der Waals surface area (Å²) in [5.41, 5.74) is 0.737.